The van der Waals surface area contributed by atoms with Crippen molar-refractivity contribution in [3.63, 3.8) is 0 Å². The maximum Gasteiger partial charge on any atom is 0.123 e. The number of hydrogen-bond donors (Lipinski definition) is 2. The van der Waals surface area contributed by atoms with Gasteiger partial charge in [-0.05, 0) is 87.6 Å². The summed E-state index contributed by atoms with van der Waals surface area (Å²) in [6, 6.07) is 16.5. The number of aromatic amines is 1. The summed E-state index contributed by atoms with van der Waals surface area (Å²) in [6.07, 6.45) is 7.86. The van der Waals surface area contributed by atoms with Gasteiger partial charge in [0.05, 0.1) is 13.2 Å². The van der Waals surface area contributed by atoms with Crippen LogP contribution in [0.1, 0.15) is 60.5 Å². The quantitative estimate of drug-likeness (QED) is 0.573. The van der Waals surface area contributed by atoms with Crippen LogP contribution in [0.25, 0.3) is 10.9 Å². The predicted molar refractivity (Wildman–Crippen MR) is 139 cm³/mol. The van der Waals surface area contributed by atoms with E-state index < -0.39 is 0 Å². The summed E-state index contributed by atoms with van der Waals surface area (Å²) in [5, 5.41) is 5.14. The summed E-state index contributed by atoms with van der Waals surface area (Å²) in [5.74, 6) is 1.01. The van der Waals surface area contributed by atoms with Crippen LogP contribution in [0.15, 0.2) is 42.5 Å². The predicted octanol–water partition coefficient (Wildman–Crippen LogP) is 4.86. The first-order valence-electron chi connectivity index (χ1n) is 13.3. The summed E-state index contributed by atoms with van der Waals surface area (Å²) in [7, 11) is 1.80. The zero-order valence-electron chi connectivity index (χ0n) is 20.5. The van der Waals surface area contributed by atoms with E-state index in [0.29, 0.717) is 0 Å². The molecule has 2 N–H and O–H groups in total. The molecule has 3 aliphatic heterocycles. The number of likely N-dealkylation sites (tertiary alicyclic amines) is 2. The number of nitrogens with one attached hydrogen (secondary N) is 2. The lowest BCUT2D eigenvalue weighted by Gasteiger charge is -2.40. The largest absolute Gasteiger partial charge is 0.496 e. The fourth-order valence-electron chi connectivity index (χ4n) is 6.53. The van der Waals surface area contributed by atoms with Crippen molar-refractivity contribution < 1.29 is 4.74 Å². The van der Waals surface area contributed by atoms with Gasteiger partial charge in [-0.3, -0.25) is 4.90 Å². The highest BCUT2D eigenvalue weighted by Crippen LogP contribution is 2.35. The molecule has 1 aromatic heterocycles. The molecule has 2 aromatic carbocycles. The summed E-state index contributed by atoms with van der Waals surface area (Å²) in [4.78, 5) is 9.11. The molecule has 2 fully saturated rings. The van der Waals surface area contributed by atoms with Gasteiger partial charge in [0.1, 0.15) is 5.75 Å². The molecule has 1 unspecified atom stereocenters. The normalized spacial score (nSPS) is 22.7. The molecular formula is C29H38N4O. The van der Waals surface area contributed by atoms with E-state index in [1.54, 1.807) is 7.11 Å². The van der Waals surface area contributed by atoms with E-state index in [4.69, 9.17) is 4.74 Å². The highest BCUT2D eigenvalue weighted by Gasteiger charge is 2.28. The minimum atomic E-state index is 0.200. The zero-order valence-corrected chi connectivity index (χ0v) is 20.5. The fraction of sp³-hybridized carbons (Fsp3) is 0.517. The molecule has 6 rings (SSSR count). The Balaban J connectivity index is 1.20. The van der Waals surface area contributed by atoms with Gasteiger partial charge in [-0.15, -0.1) is 0 Å². The van der Waals surface area contributed by atoms with Crippen LogP contribution in [0.2, 0.25) is 0 Å². The molecule has 0 aliphatic carbocycles. The van der Waals surface area contributed by atoms with Crippen LogP contribution in [0.3, 0.4) is 0 Å². The highest BCUT2D eigenvalue weighted by molar-refractivity contribution is 5.85. The Kier molecular flexibility index (Phi) is 6.33. The van der Waals surface area contributed by atoms with Crippen LogP contribution in [-0.2, 0) is 13.0 Å². The van der Waals surface area contributed by atoms with E-state index in [9.17, 15) is 0 Å². The standard InChI is InChI=1S/C29H38N4O/c1-34-27-10-9-21(28-29-25(11-14-30-28)24-7-3-4-8-26(24)31-29)19-22(27)20-32-17-12-23(13-18-32)33-15-5-2-6-16-33/h3-4,7-10,19,23,28,30-31H,2,5-6,11-18,20H2,1H3. The van der Waals surface area contributed by atoms with Gasteiger partial charge in [-0.25, -0.2) is 0 Å². The van der Waals surface area contributed by atoms with Crippen molar-refractivity contribution in [3.8, 4) is 5.75 Å². The minimum Gasteiger partial charge on any atom is -0.496 e. The van der Waals surface area contributed by atoms with Crippen LogP contribution in [0.5, 0.6) is 5.75 Å². The van der Waals surface area contributed by atoms with Crippen molar-refractivity contribution in [3.05, 3.63) is 64.8 Å². The number of H-pyrrole nitrogens is 1. The van der Waals surface area contributed by atoms with Crippen molar-refractivity contribution in [2.75, 3.05) is 39.8 Å². The molecule has 5 heteroatoms. The van der Waals surface area contributed by atoms with Crippen molar-refractivity contribution in [2.24, 2.45) is 0 Å². The second kappa shape index (κ2) is 9.73. The Labute approximate surface area is 203 Å². The third-order valence-corrected chi connectivity index (χ3v) is 8.35. The topological polar surface area (TPSA) is 43.5 Å². The number of aromatic nitrogens is 1. The molecule has 34 heavy (non-hydrogen) atoms. The summed E-state index contributed by atoms with van der Waals surface area (Å²) in [6.45, 7) is 6.96. The second-order valence-electron chi connectivity index (χ2n) is 10.4. The Morgan fingerprint density at radius 2 is 1.79 bits per heavy atom. The number of piperidine rings is 2. The lowest BCUT2D eigenvalue weighted by atomic mass is 9.93. The lowest BCUT2D eigenvalue weighted by Crippen LogP contribution is -2.46. The molecule has 0 radical (unpaired) electrons. The van der Waals surface area contributed by atoms with E-state index >= 15 is 0 Å². The van der Waals surface area contributed by atoms with Gasteiger partial charge < -0.3 is 19.9 Å². The number of hydrogen-bond acceptors (Lipinski definition) is 4. The van der Waals surface area contributed by atoms with Crippen LogP contribution >= 0.6 is 0 Å². The summed E-state index contributed by atoms with van der Waals surface area (Å²) >= 11 is 0. The summed E-state index contributed by atoms with van der Waals surface area (Å²) in [5.41, 5.74) is 6.67. The fourth-order valence-corrected chi connectivity index (χ4v) is 6.53. The first kappa shape index (κ1) is 22.1. The second-order valence-corrected chi connectivity index (χ2v) is 10.4. The van der Waals surface area contributed by atoms with E-state index in [0.717, 1.165) is 31.3 Å². The molecule has 4 heterocycles. The first-order chi connectivity index (χ1) is 16.8. The molecule has 180 valence electrons. The average molecular weight is 459 g/mol. The van der Waals surface area contributed by atoms with Crippen LogP contribution in [0, 0.1) is 0 Å². The van der Waals surface area contributed by atoms with Crippen LogP contribution < -0.4 is 10.1 Å². The summed E-state index contributed by atoms with van der Waals surface area (Å²) < 4.78 is 5.80. The van der Waals surface area contributed by atoms with E-state index in [2.05, 4.69) is 62.6 Å². The van der Waals surface area contributed by atoms with Gasteiger partial charge in [0.25, 0.3) is 0 Å². The van der Waals surface area contributed by atoms with Crippen molar-refractivity contribution in [1.29, 1.82) is 0 Å². The molecule has 0 spiro atoms. The average Bonchev–Trinajstić information content (AvgIpc) is 3.29. The number of para-hydroxylation sites is 1. The Hall–Kier alpha value is -2.34. The third-order valence-electron chi connectivity index (χ3n) is 8.35. The first-order valence-corrected chi connectivity index (χ1v) is 13.3. The third kappa shape index (κ3) is 4.26. The molecule has 2 saturated heterocycles. The minimum absolute atomic E-state index is 0.200. The molecule has 0 bridgehead atoms. The van der Waals surface area contributed by atoms with Crippen molar-refractivity contribution in [1.82, 2.24) is 20.1 Å². The zero-order chi connectivity index (χ0) is 22.9. The highest BCUT2D eigenvalue weighted by atomic mass is 16.5. The van der Waals surface area contributed by atoms with Crippen molar-refractivity contribution in [2.45, 2.75) is 57.2 Å². The van der Waals surface area contributed by atoms with Gasteiger partial charge in [0.2, 0.25) is 0 Å². The lowest BCUT2D eigenvalue weighted by molar-refractivity contribution is 0.0893. The van der Waals surface area contributed by atoms with Crippen molar-refractivity contribution >= 4 is 10.9 Å². The number of methoxy groups -OCH3 is 1. The maximum absolute atomic E-state index is 5.80. The van der Waals surface area contributed by atoms with Gasteiger partial charge >= 0.3 is 0 Å². The van der Waals surface area contributed by atoms with Crippen LogP contribution in [0.4, 0.5) is 0 Å². The smallest absolute Gasteiger partial charge is 0.123 e. The number of benzene rings is 2. The molecule has 0 saturated carbocycles. The number of fused-ring (bicyclic) bond motifs is 3. The van der Waals surface area contributed by atoms with Crippen LogP contribution in [-0.4, -0.2) is 60.7 Å². The van der Waals surface area contributed by atoms with E-state index in [-0.39, 0.29) is 6.04 Å². The Bertz CT molecular complexity index is 1120. The van der Waals surface area contributed by atoms with E-state index in [1.807, 2.05) is 0 Å². The molecular weight excluding hydrogens is 420 g/mol. The monoisotopic (exact) mass is 458 g/mol. The molecule has 3 aliphatic rings. The Morgan fingerprint density at radius 3 is 2.62 bits per heavy atom. The number of rotatable bonds is 5. The van der Waals surface area contributed by atoms with Gasteiger partial charge in [-0.1, -0.05) is 30.7 Å². The molecule has 1 atom stereocenters. The molecule has 5 nitrogen and oxygen atoms in total. The van der Waals surface area contributed by atoms with Gasteiger partial charge in [0, 0.05) is 41.3 Å². The number of nitrogens with zero attached hydrogens (tertiary/aromatic N) is 2. The van der Waals surface area contributed by atoms with E-state index in [1.165, 1.54) is 91.6 Å². The van der Waals surface area contributed by atoms with Gasteiger partial charge in [-0.2, -0.15) is 0 Å². The molecule has 0 amide bonds. The SMILES string of the molecule is COc1ccc(C2NCCc3c2[nH]c2ccccc32)cc1CN1CCC(N2CCCCC2)CC1. The Morgan fingerprint density at radius 1 is 0.971 bits per heavy atom. The maximum atomic E-state index is 5.80. The van der Waals surface area contributed by atoms with Gasteiger partial charge in [0.15, 0.2) is 0 Å². The molecule has 3 aromatic rings. The number of ether oxygens (including phenoxy) is 1.